The summed E-state index contributed by atoms with van der Waals surface area (Å²) in [5, 5.41) is 14.4. The number of hydrogen-bond acceptors (Lipinski definition) is 2. The molecule has 5 heteroatoms. The van der Waals surface area contributed by atoms with Gasteiger partial charge in [-0.25, -0.2) is 9.59 Å². The summed E-state index contributed by atoms with van der Waals surface area (Å²) in [7, 11) is 0. The number of nitrogens with one attached hydrogen (secondary N) is 2. The molecule has 0 aliphatic rings. The lowest BCUT2D eigenvalue weighted by molar-refractivity contribution is -0.140. The average Bonchev–Trinajstić information content (AvgIpc) is 2.39. The van der Waals surface area contributed by atoms with Gasteiger partial charge in [0, 0.05) is 5.69 Å². The number of anilines is 1. The molecule has 2 amide bonds. The van der Waals surface area contributed by atoms with Crippen molar-refractivity contribution in [1.82, 2.24) is 5.32 Å². The largest absolute Gasteiger partial charge is 0.480 e. The van der Waals surface area contributed by atoms with Gasteiger partial charge < -0.3 is 15.7 Å². The zero-order chi connectivity index (χ0) is 15.3. The molecule has 3 N–H and O–H groups in total. The lowest BCUT2D eigenvalue weighted by Gasteiger charge is -2.20. The highest BCUT2D eigenvalue weighted by Crippen LogP contribution is 2.16. The van der Waals surface area contributed by atoms with E-state index in [1.54, 1.807) is 6.92 Å². The number of carboxylic acid groups (broad SMARTS) is 1. The Kier molecular flexibility index (Phi) is 5.55. The smallest absolute Gasteiger partial charge is 0.326 e. The molecule has 0 aliphatic carbocycles. The van der Waals surface area contributed by atoms with E-state index in [2.05, 4.69) is 10.6 Å². The normalized spacial score (nSPS) is 13.4. The molecule has 0 heterocycles. The lowest BCUT2D eigenvalue weighted by Crippen LogP contribution is -2.46. The fourth-order valence-corrected chi connectivity index (χ4v) is 1.85. The van der Waals surface area contributed by atoms with Gasteiger partial charge in [-0.3, -0.25) is 0 Å². The second-order valence-corrected chi connectivity index (χ2v) is 5.12. The van der Waals surface area contributed by atoms with E-state index < -0.39 is 18.0 Å². The number of aliphatic carboxylic acids is 1. The van der Waals surface area contributed by atoms with Crippen LogP contribution in [-0.2, 0) is 4.79 Å². The molecule has 0 saturated carbocycles. The van der Waals surface area contributed by atoms with Crippen molar-refractivity contribution in [1.29, 1.82) is 0 Å². The molecule has 5 nitrogen and oxygen atoms in total. The number of urea groups is 1. The minimum absolute atomic E-state index is 0.128. The Balaban J connectivity index is 2.75. The first kappa shape index (κ1) is 16.0. The SMILES string of the molecule is CCC(C)C(NC(=O)Nc1cc(C)ccc1C)C(=O)O. The van der Waals surface area contributed by atoms with Gasteiger partial charge in [0.2, 0.25) is 0 Å². The van der Waals surface area contributed by atoms with Crippen molar-refractivity contribution >= 4 is 17.7 Å². The summed E-state index contributed by atoms with van der Waals surface area (Å²) in [6.07, 6.45) is 0.681. The summed E-state index contributed by atoms with van der Waals surface area (Å²) in [5.74, 6) is -1.15. The molecular formula is C15H22N2O3. The van der Waals surface area contributed by atoms with Crippen LogP contribution >= 0.6 is 0 Å². The predicted molar refractivity (Wildman–Crippen MR) is 78.9 cm³/mol. The van der Waals surface area contributed by atoms with E-state index >= 15 is 0 Å². The molecule has 0 saturated heterocycles. The molecule has 1 aromatic rings. The van der Waals surface area contributed by atoms with Gasteiger partial charge in [-0.15, -0.1) is 0 Å². The molecule has 2 unspecified atom stereocenters. The summed E-state index contributed by atoms with van der Waals surface area (Å²) < 4.78 is 0. The van der Waals surface area contributed by atoms with E-state index in [4.69, 9.17) is 5.11 Å². The highest BCUT2D eigenvalue weighted by molar-refractivity contribution is 5.93. The number of carbonyl (C=O) groups is 2. The molecule has 0 aliphatic heterocycles. The summed E-state index contributed by atoms with van der Waals surface area (Å²) in [6.45, 7) is 7.52. The summed E-state index contributed by atoms with van der Waals surface area (Å²) in [5.41, 5.74) is 2.65. The van der Waals surface area contributed by atoms with Gasteiger partial charge in [-0.1, -0.05) is 32.4 Å². The van der Waals surface area contributed by atoms with Gasteiger partial charge in [0.1, 0.15) is 6.04 Å². The van der Waals surface area contributed by atoms with Crippen molar-refractivity contribution in [3.05, 3.63) is 29.3 Å². The lowest BCUT2D eigenvalue weighted by atomic mass is 9.99. The van der Waals surface area contributed by atoms with Gasteiger partial charge in [-0.05, 0) is 37.0 Å². The molecule has 1 aromatic carbocycles. The molecule has 0 spiro atoms. The van der Waals surface area contributed by atoms with E-state index in [0.717, 1.165) is 11.1 Å². The standard InChI is InChI=1S/C15H22N2O3/c1-5-10(3)13(14(18)19)17-15(20)16-12-8-9(2)6-7-11(12)4/h6-8,10,13H,5H2,1-4H3,(H,18,19)(H2,16,17,20). The first-order valence-corrected chi connectivity index (χ1v) is 6.72. The zero-order valence-electron chi connectivity index (χ0n) is 12.4. The van der Waals surface area contributed by atoms with Gasteiger partial charge in [0.25, 0.3) is 0 Å². The third kappa shape index (κ3) is 4.26. The molecule has 0 bridgehead atoms. The van der Waals surface area contributed by atoms with Crippen LogP contribution in [-0.4, -0.2) is 23.1 Å². The van der Waals surface area contributed by atoms with Crippen molar-refractivity contribution in [2.45, 2.75) is 40.2 Å². The topological polar surface area (TPSA) is 78.4 Å². The number of carboxylic acids is 1. The Morgan fingerprint density at radius 3 is 2.50 bits per heavy atom. The second kappa shape index (κ2) is 6.93. The fourth-order valence-electron chi connectivity index (χ4n) is 1.85. The monoisotopic (exact) mass is 278 g/mol. The molecule has 110 valence electrons. The quantitative estimate of drug-likeness (QED) is 0.775. The molecule has 20 heavy (non-hydrogen) atoms. The first-order chi connectivity index (χ1) is 9.35. The maximum Gasteiger partial charge on any atom is 0.326 e. The molecular weight excluding hydrogens is 256 g/mol. The van der Waals surface area contributed by atoms with Crippen molar-refractivity contribution in [3.63, 3.8) is 0 Å². The Bertz CT molecular complexity index is 500. The third-order valence-electron chi connectivity index (χ3n) is 3.41. The second-order valence-electron chi connectivity index (χ2n) is 5.12. The van der Waals surface area contributed by atoms with E-state index in [1.807, 2.05) is 39.0 Å². The van der Waals surface area contributed by atoms with Crippen LogP contribution in [0.4, 0.5) is 10.5 Å². The maximum atomic E-state index is 11.9. The van der Waals surface area contributed by atoms with Crippen LogP contribution in [0.1, 0.15) is 31.4 Å². The maximum absolute atomic E-state index is 11.9. The molecule has 2 atom stereocenters. The van der Waals surface area contributed by atoms with Crippen LogP contribution < -0.4 is 10.6 Å². The number of benzene rings is 1. The first-order valence-electron chi connectivity index (χ1n) is 6.72. The predicted octanol–water partition coefficient (Wildman–Crippen LogP) is 2.92. The Morgan fingerprint density at radius 1 is 1.30 bits per heavy atom. The Morgan fingerprint density at radius 2 is 1.95 bits per heavy atom. The van der Waals surface area contributed by atoms with Gasteiger partial charge in [0.15, 0.2) is 0 Å². The highest BCUT2D eigenvalue weighted by atomic mass is 16.4. The number of rotatable bonds is 5. The fraction of sp³-hybridized carbons (Fsp3) is 0.467. The number of hydrogen-bond donors (Lipinski definition) is 3. The van der Waals surface area contributed by atoms with Crippen LogP contribution in [0.25, 0.3) is 0 Å². The van der Waals surface area contributed by atoms with Crippen molar-refractivity contribution in [3.8, 4) is 0 Å². The third-order valence-corrected chi connectivity index (χ3v) is 3.41. The minimum Gasteiger partial charge on any atom is -0.480 e. The van der Waals surface area contributed by atoms with Crippen molar-refractivity contribution < 1.29 is 14.7 Å². The molecule has 0 aromatic heterocycles. The van der Waals surface area contributed by atoms with Gasteiger partial charge >= 0.3 is 12.0 Å². The minimum atomic E-state index is -1.02. The number of aryl methyl sites for hydroxylation is 2. The van der Waals surface area contributed by atoms with Crippen LogP contribution in [0.15, 0.2) is 18.2 Å². The van der Waals surface area contributed by atoms with E-state index in [0.29, 0.717) is 12.1 Å². The van der Waals surface area contributed by atoms with Gasteiger partial charge in [-0.2, -0.15) is 0 Å². The number of carbonyl (C=O) groups excluding carboxylic acids is 1. The molecule has 0 radical (unpaired) electrons. The van der Waals surface area contributed by atoms with Gasteiger partial charge in [0.05, 0.1) is 0 Å². The number of amides is 2. The van der Waals surface area contributed by atoms with E-state index in [-0.39, 0.29) is 5.92 Å². The molecule has 1 rings (SSSR count). The summed E-state index contributed by atoms with van der Waals surface area (Å²) in [6, 6.07) is 4.34. The van der Waals surface area contributed by atoms with Crippen LogP contribution in [0.3, 0.4) is 0 Å². The molecule has 0 fully saturated rings. The van der Waals surface area contributed by atoms with Crippen molar-refractivity contribution in [2.75, 3.05) is 5.32 Å². The zero-order valence-corrected chi connectivity index (χ0v) is 12.4. The average molecular weight is 278 g/mol. The van der Waals surface area contributed by atoms with Crippen LogP contribution in [0.2, 0.25) is 0 Å². The van der Waals surface area contributed by atoms with Crippen LogP contribution in [0.5, 0.6) is 0 Å². The van der Waals surface area contributed by atoms with Crippen LogP contribution in [0, 0.1) is 19.8 Å². The Labute approximate surface area is 119 Å². The highest BCUT2D eigenvalue weighted by Gasteiger charge is 2.25. The van der Waals surface area contributed by atoms with Crippen molar-refractivity contribution in [2.24, 2.45) is 5.92 Å². The summed E-state index contributed by atoms with van der Waals surface area (Å²) in [4.78, 5) is 23.1. The van der Waals surface area contributed by atoms with E-state index in [9.17, 15) is 9.59 Å². The Hall–Kier alpha value is -2.04. The summed E-state index contributed by atoms with van der Waals surface area (Å²) >= 11 is 0. The van der Waals surface area contributed by atoms with E-state index in [1.165, 1.54) is 0 Å².